The van der Waals surface area contributed by atoms with Crippen molar-refractivity contribution in [2.24, 2.45) is 5.73 Å². The highest BCUT2D eigenvalue weighted by molar-refractivity contribution is 5.98. The highest BCUT2D eigenvalue weighted by Gasteiger charge is 2.13. The van der Waals surface area contributed by atoms with Crippen molar-refractivity contribution < 1.29 is 4.74 Å². The fourth-order valence-corrected chi connectivity index (χ4v) is 3.29. The minimum Gasteiger partial charge on any atom is -0.492 e. The van der Waals surface area contributed by atoms with Crippen molar-refractivity contribution in [3.8, 4) is 5.75 Å². The molecule has 0 atom stereocenters. The Bertz CT molecular complexity index is 878. The molecule has 0 amide bonds. The van der Waals surface area contributed by atoms with Crippen LogP contribution >= 0.6 is 0 Å². The van der Waals surface area contributed by atoms with E-state index >= 15 is 0 Å². The summed E-state index contributed by atoms with van der Waals surface area (Å²) in [4.78, 5) is 0. The molecular weight excluding hydrogens is 330 g/mol. The molecule has 2 heteroatoms. The number of hydrogen-bond acceptors (Lipinski definition) is 2. The predicted molar refractivity (Wildman–Crippen MR) is 115 cm³/mol. The van der Waals surface area contributed by atoms with Crippen LogP contribution in [-0.2, 0) is 0 Å². The van der Waals surface area contributed by atoms with Gasteiger partial charge in [-0.3, -0.25) is 0 Å². The zero-order chi connectivity index (χ0) is 19.1. The van der Waals surface area contributed by atoms with Gasteiger partial charge in [0.15, 0.2) is 0 Å². The minimum atomic E-state index is 0.518. The normalized spacial score (nSPS) is 11.8. The molecule has 0 bridgehead atoms. The maximum atomic E-state index is 5.64. The Balaban J connectivity index is 2.12. The second-order valence-electron chi connectivity index (χ2n) is 6.60. The number of aryl methyl sites for hydroxylation is 1. The summed E-state index contributed by atoms with van der Waals surface area (Å²) in [6, 6.07) is 27.7. The Morgan fingerprint density at radius 2 is 1.37 bits per heavy atom. The lowest BCUT2D eigenvalue weighted by Gasteiger charge is -2.17. The Hall–Kier alpha value is -2.84. The van der Waals surface area contributed by atoms with Gasteiger partial charge in [0.05, 0.1) is 0 Å². The average Bonchev–Trinajstić information content (AvgIpc) is 2.72. The van der Waals surface area contributed by atoms with Gasteiger partial charge in [-0.05, 0) is 53.3 Å². The van der Waals surface area contributed by atoms with E-state index in [0.717, 1.165) is 12.2 Å². The number of ether oxygens (including phenoxy) is 1. The maximum Gasteiger partial charge on any atom is 0.119 e. The highest BCUT2D eigenvalue weighted by atomic mass is 16.5. The van der Waals surface area contributed by atoms with Gasteiger partial charge in [0.25, 0.3) is 0 Å². The van der Waals surface area contributed by atoms with Crippen LogP contribution < -0.4 is 10.5 Å². The van der Waals surface area contributed by atoms with Crippen LogP contribution in [0.15, 0.2) is 78.9 Å². The second kappa shape index (κ2) is 9.20. The van der Waals surface area contributed by atoms with Crippen LogP contribution in [0.2, 0.25) is 0 Å². The minimum absolute atomic E-state index is 0.518. The van der Waals surface area contributed by atoms with Crippen molar-refractivity contribution in [2.45, 2.75) is 20.3 Å². The van der Waals surface area contributed by atoms with Crippen LogP contribution in [0.1, 0.15) is 35.6 Å². The Labute approximate surface area is 162 Å². The van der Waals surface area contributed by atoms with Crippen molar-refractivity contribution in [2.75, 3.05) is 13.2 Å². The van der Waals surface area contributed by atoms with Gasteiger partial charge in [-0.15, -0.1) is 0 Å². The molecule has 2 nitrogen and oxygen atoms in total. The molecule has 0 saturated carbocycles. The van der Waals surface area contributed by atoms with E-state index in [4.69, 9.17) is 10.5 Å². The van der Waals surface area contributed by atoms with Crippen molar-refractivity contribution in [1.82, 2.24) is 0 Å². The third kappa shape index (κ3) is 4.66. The molecule has 138 valence electrons. The molecule has 27 heavy (non-hydrogen) atoms. The summed E-state index contributed by atoms with van der Waals surface area (Å²) < 4.78 is 5.64. The topological polar surface area (TPSA) is 35.2 Å². The summed E-state index contributed by atoms with van der Waals surface area (Å²) in [7, 11) is 0. The van der Waals surface area contributed by atoms with Crippen molar-refractivity contribution in [3.05, 3.63) is 101 Å². The zero-order valence-electron chi connectivity index (χ0n) is 16.1. The first-order valence-electron chi connectivity index (χ1n) is 9.52. The van der Waals surface area contributed by atoms with E-state index in [1.54, 1.807) is 0 Å². The predicted octanol–water partition coefficient (Wildman–Crippen LogP) is 5.70. The van der Waals surface area contributed by atoms with Crippen LogP contribution in [0.4, 0.5) is 0 Å². The molecule has 3 aromatic carbocycles. The first kappa shape index (κ1) is 18.9. The quantitative estimate of drug-likeness (QED) is 0.550. The van der Waals surface area contributed by atoms with Gasteiger partial charge >= 0.3 is 0 Å². The Kier molecular flexibility index (Phi) is 6.45. The summed E-state index contributed by atoms with van der Waals surface area (Å²) in [6.45, 7) is 5.39. The lowest BCUT2D eigenvalue weighted by atomic mass is 9.88. The fourth-order valence-electron chi connectivity index (χ4n) is 3.29. The molecule has 0 spiro atoms. The van der Waals surface area contributed by atoms with Crippen molar-refractivity contribution >= 4 is 11.1 Å². The summed E-state index contributed by atoms with van der Waals surface area (Å²) >= 11 is 0. The lowest BCUT2D eigenvalue weighted by Crippen LogP contribution is -2.10. The Morgan fingerprint density at radius 3 is 1.96 bits per heavy atom. The first-order valence-corrected chi connectivity index (χ1v) is 9.52. The van der Waals surface area contributed by atoms with Gasteiger partial charge in [-0.2, -0.15) is 0 Å². The molecule has 3 aromatic rings. The van der Waals surface area contributed by atoms with E-state index in [2.05, 4.69) is 80.6 Å². The number of nitrogens with two attached hydrogens (primary N) is 1. The molecule has 3 rings (SSSR count). The van der Waals surface area contributed by atoms with E-state index in [-0.39, 0.29) is 0 Å². The molecule has 0 aromatic heterocycles. The lowest BCUT2D eigenvalue weighted by molar-refractivity contribution is 0.328. The number of allylic oxidation sites excluding steroid dienone is 1. The molecular formula is C25H27NO. The molecule has 0 heterocycles. The van der Waals surface area contributed by atoms with Crippen LogP contribution in [-0.4, -0.2) is 13.2 Å². The molecule has 0 aliphatic rings. The third-order valence-corrected chi connectivity index (χ3v) is 4.65. The third-order valence-electron chi connectivity index (χ3n) is 4.65. The standard InChI is InChI=1S/C25H27NO/c1-3-24(20-11-9-19(2)10-12-20)25(21-7-5-4-6-8-21)22-13-15-23(16-14-22)27-18-17-26/h4-16H,3,17-18,26H2,1-2H3/b25-24-. The van der Waals surface area contributed by atoms with E-state index in [0.29, 0.717) is 13.2 Å². The zero-order valence-corrected chi connectivity index (χ0v) is 16.1. The van der Waals surface area contributed by atoms with Crippen LogP contribution in [0, 0.1) is 6.92 Å². The fraction of sp³-hybridized carbons (Fsp3) is 0.200. The average molecular weight is 357 g/mol. The monoisotopic (exact) mass is 357 g/mol. The van der Waals surface area contributed by atoms with Crippen LogP contribution in [0.3, 0.4) is 0 Å². The summed E-state index contributed by atoms with van der Waals surface area (Å²) in [5.74, 6) is 0.852. The molecule has 0 aliphatic heterocycles. The SMILES string of the molecule is CC/C(=C(\c1ccccc1)c1ccc(OCCN)cc1)c1ccc(C)cc1. The first-order chi connectivity index (χ1) is 13.2. The smallest absolute Gasteiger partial charge is 0.119 e. The van der Waals surface area contributed by atoms with Crippen molar-refractivity contribution in [1.29, 1.82) is 0 Å². The second-order valence-corrected chi connectivity index (χ2v) is 6.60. The molecule has 0 radical (unpaired) electrons. The molecule has 0 aliphatic carbocycles. The van der Waals surface area contributed by atoms with Gasteiger partial charge in [0, 0.05) is 6.54 Å². The summed E-state index contributed by atoms with van der Waals surface area (Å²) in [5.41, 5.74) is 13.1. The van der Waals surface area contributed by atoms with Gasteiger partial charge < -0.3 is 10.5 Å². The molecule has 0 unspecified atom stereocenters. The van der Waals surface area contributed by atoms with E-state index in [9.17, 15) is 0 Å². The van der Waals surface area contributed by atoms with E-state index in [1.807, 2.05) is 12.1 Å². The van der Waals surface area contributed by atoms with Gasteiger partial charge in [0.2, 0.25) is 0 Å². The van der Waals surface area contributed by atoms with E-state index < -0.39 is 0 Å². The largest absolute Gasteiger partial charge is 0.492 e. The number of hydrogen-bond donors (Lipinski definition) is 1. The van der Waals surface area contributed by atoms with Gasteiger partial charge in [0.1, 0.15) is 12.4 Å². The summed E-state index contributed by atoms with van der Waals surface area (Å²) in [6.07, 6.45) is 0.957. The van der Waals surface area contributed by atoms with Crippen LogP contribution in [0.5, 0.6) is 5.75 Å². The number of rotatable bonds is 7. The number of benzene rings is 3. The summed E-state index contributed by atoms with van der Waals surface area (Å²) in [5, 5.41) is 0. The highest BCUT2D eigenvalue weighted by Crippen LogP contribution is 2.35. The van der Waals surface area contributed by atoms with Crippen molar-refractivity contribution in [3.63, 3.8) is 0 Å². The molecule has 0 fully saturated rings. The molecule has 0 saturated heterocycles. The molecule has 2 N–H and O–H groups in total. The van der Waals surface area contributed by atoms with Gasteiger partial charge in [-0.1, -0.05) is 79.2 Å². The van der Waals surface area contributed by atoms with E-state index in [1.165, 1.54) is 33.4 Å². The maximum absolute atomic E-state index is 5.64. The Morgan fingerprint density at radius 1 is 0.778 bits per heavy atom. The van der Waals surface area contributed by atoms with Crippen LogP contribution in [0.25, 0.3) is 11.1 Å². The van der Waals surface area contributed by atoms with Gasteiger partial charge in [-0.25, -0.2) is 0 Å².